The normalized spacial score (nSPS) is 12.0. The number of rotatable bonds is 8. The fourth-order valence-corrected chi connectivity index (χ4v) is 2.83. The smallest absolute Gasteiger partial charge is 0.326 e. The van der Waals surface area contributed by atoms with Crippen LogP contribution in [0.4, 0.5) is 0 Å². The van der Waals surface area contributed by atoms with E-state index in [1.165, 1.54) is 11.1 Å². The molecule has 1 aromatic rings. The number of benzene rings is 1. The van der Waals surface area contributed by atoms with Crippen molar-refractivity contribution in [1.82, 2.24) is 5.32 Å². The summed E-state index contributed by atoms with van der Waals surface area (Å²) in [6.07, 6.45) is 1.52. The Labute approximate surface area is 130 Å². The molecule has 1 amide bonds. The first kappa shape index (κ1) is 17.6. The van der Waals surface area contributed by atoms with Crippen molar-refractivity contribution in [3.8, 4) is 0 Å². The summed E-state index contributed by atoms with van der Waals surface area (Å²) in [5.41, 5.74) is 2.49. The van der Waals surface area contributed by atoms with E-state index in [4.69, 9.17) is 5.11 Å². The summed E-state index contributed by atoms with van der Waals surface area (Å²) in [4.78, 5) is 23.9. The van der Waals surface area contributed by atoms with Crippen molar-refractivity contribution in [2.75, 3.05) is 5.75 Å². The Morgan fingerprint density at radius 2 is 2.00 bits per heavy atom. The van der Waals surface area contributed by atoms with Gasteiger partial charge in [-0.25, -0.2) is 4.79 Å². The van der Waals surface area contributed by atoms with Gasteiger partial charge in [-0.2, -0.15) is 0 Å². The first-order valence-corrected chi connectivity index (χ1v) is 8.14. The number of carboxylic acids is 1. The van der Waals surface area contributed by atoms with Gasteiger partial charge in [0.15, 0.2) is 0 Å². The van der Waals surface area contributed by atoms with Gasteiger partial charge < -0.3 is 10.4 Å². The molecule has 21 heavy (non-hydrogen) atoms. The molecule has 5 heteroatoms. The molecule has 1 rings (SSSR count). The Morgan fingerprint density at radius 1 is 1.29 bits per heavy atom. The highest BCUT2D eigenvalue weighted by Gasteiger charge is 2.18. The molecule has 0 spiro atoms. The van der Waals surface area contributed by atoms with E-state index >= 15 is 0 Å². The Hall–Kier alpha value is -1.49. The average Bonchev–Trinajstić information content (AvgIpc) is 2.42. The second-order valence-electron chi connectivity index (χ2n) is 5.09. The van der Waals surface area contributed by atoms with Gasteiger partial charge in [0.25, 0.3) is 0 Å². The van der Waals surface area contributed by atoms with E-state index in [9.17, 15) is 9.59 Å². The van der Waals surface area contributed by atoms with E-state index < -0.39 is 12.0 Å². The third-order valence-corrected chi connectivity index (χ3v) is 4.28. The van der Waals surface area contributed by atoms with E-state index in [1.807, 2.05) is 13.0 Å². The van der Waals surface area contributed by atoms with E-state index in [2.05, 4.69) is 31.3 Å². The van der Waals surface area contributed by atoms with Crippen LogP contribution >= 0.6 is 11.8 Å². The second-order valence-corrected chi connectivity index (χ2v) is 6.26. The Balaban J connectivity index is 2.39. The second kappa shape index (κ2) is 8.72. The number of thioether (sulfide) groups is 1. The zero-order valence-corrected chi connectivity index (χ0v) is 13.6. The zero-order chi connectivity index (χ0) is 15.8. The summed E-state index contributed by atoms with van der Waals surface area (Å²) in [5, 5.41) is 11.6. The molecule has 0 aliphatic carbocycles. The molecule has 1 atom stereocenters. The molecule has 4 nitrogen and oxygen atoms in total. The van der Waals surface area contributed by atoms with Crippen LogP contribution in [0.25, 0.3) is 0 Å². The lowest BCUT2D eigenvalue weighted by atomic mass is 10.1. The minimum atomic E-state index is -0.966. The topological polar surface area (TPSA) is 66.4 Å². The van der Waals surface area contributed by atoms with Crippen molar-refractivity contribution in [1.29, 1.82) is 0 Å². The lowest BCUT2D eigenvalue weighted by Gasteiger charge is -2.13. The predicted octanol–water partition coefficient (Wildman–Crippen LogP) is 3.16. The van der Waals surface area contributed by atoms with Crippen molar-refractivity contribution in [2.24, 2.45) is 0 Å². The van der Waals surface area contributed by atoms with E-state index in [1.54, 1.807) is 11.8 Å². The summed E-state index contributed by atoms with van der Waals surface area (Å²) < 4.78 is 0. The molecule has 0 saturated heterocycles. The van der Waals surface area contributed by atoms with Crippen molar-refractivity contribution < 1.29 is 14.7 Å². The van der Waals surface area contributed by atoms with Crippen molar-refractivity contribution >= 4 is 23.6 Å². The third kappa shape index (κ3) is 6.21. The molecule has 0 aliphatic heterocycles. The van der Waals surface area contributed by atoms with Crippen LogP contribution < -0.4 is 5.32 Å². The van der Waals surface area contributed by atoms with Crippen LogP contribution in [-0.4, -0.2) is 28.8 Å². The van der Waals surface area contributed by atoms with Crippen LogP contribution in [0.5, 0.6) is 0 Å². The van der Waals surface area contributed by atoms with Gasteiger partial charge in [0.2, 0.25) is 5.91 Å². The lowest BCUT2D eigenvalue weighted by Crippen LogP contribution is -2.40. The van der Waals surface area contributed by atoms with Crippen LogP contribution in [-0.2, 0) is 9.59 Å². The predicted molar refractivity (Wildman–Crippen MR) is 85.7 cm³/mol. The minimum Gasteiger partial charge on any atom is -0.480 e. The summed E-state index contributed by atoms with van der Waals surface area (Å²) in [7, 11) is 0. The van der Waals surface area contributed by atoms with Gasteiger partial charge >= 0.3 is 5.97 Å². The molecule has 0 radical (unpaired) electrons. The van der Waals surface area contributed by atoms with Gasteiger partial charge in [-0.15, -0.1) is 11.8 Å². The highest BCUT2D eigenvalue weighted by molar-refractivity contribution is 7.99. The lowest BCUT2D eigenvalue weighted by molar-refractivity contribution is -0.142. The number of hydrogen-bond acceptors (Lipinski definition) is 3. The van der Waals surface area contributed by atoms with Crippen LogP contribution in [0.2, 0.25) is 0 Å². The molecular weight excluding hydrogens is 286 g/mol. The van der Waals surface area contributed by atoms with Crippen molar-refractivity contribution in [3.63, 3.8) is 0 Å². The van der Waals surface area contributed by atoms with Crippen molar-refractivity contribution in [2.45, 2.75) is 51.0 Å². The summed E-state index contributed by atoms with van der Waals surface area (Å²) in [6.45, 7) is 6.03. The van der Waals surface area contributed by atoms with Gasteiger partial charge in [-0.1, -0.05) is 19.4 Å². The maximum Gasteiger partial charge on any atom is 0.326 e. The average molecular weight is 309 g/mol. The van der Waals surface area contributed by atoms with E-state index in [-0.39, 0.29) is 5.91 Å². The molecule has 0 saturated carbocycles. The van der Waals surface area contributed by atoms with Crippen LogP contribution in [0.15, 0.2) is 23.1 Å². The standard InChI is InChI=1S/C16H23NO3S/c1-4-5-14(16(19)20)17-15(18)8-9-21-13-7-6-11(2)12(3)10-13/h6-7,10,14H,4-5,8-9H2,1-3H3,(H,17,18)(H,19,20)/t14-/m0/s1. The van der Waals surface area contributed by atoms with Gasteiger partial charge in [0, 0.05) is 17.1 Å². The zero-order valence-electron chi connectivity index (χ0n) is 12.8. The number of aliphatic carboxylic acids is 1. The Morgan fingerprint density at radius 3 is 2.57 bits per heavy atom. The van der Waals surface area contributed by atoms with Crippen LogP contribution in [0, 0.1) is 13.8 Å². The Kier molecular flexibility index (Phi) is 7.29. The Bertz CT molecular complexity index is 502. The van der Waals surface area contributed by atoms with Gasteiger partial charge in [-0.3, -0.25) is 4.79 Å². The molecule has 1 aromatic carbocycles. The van der Waals surface area contributed by atoms with E-state index in [0.717, 1.165) is 11.3 Å². The summed E-state index contributed by atoms with van der Waals surface area (Å²) in [6, 6.07) is 5.45. The van der Waals surface area contributed by atoms with Crippen molar-refractivity contribution in [3.05, 3.63) is 29.3 Å². The highest BCUT2D eigenvalue weighted by Crippen LogP contribution is 2.21. The van der Waals surface area contributed by atoms with E-state index in [0.29, 0.717) is 18.6 Å². The third-order valence-electron chi connectivity index (χ3n) is 3.29. The summed E-state index contributed by atoms with van der Waals surface area (Å²) in [5.74, 6) is -0.522. The van der Waals surface area contributed by atoms with Gasteiger partial charge in [-0.05, 0) is 43.5 Å². The fraction of sp³-hybridized carbons (Fsp3) is 0.500. The minimum absolute atomic E-state index is 0.202. The molecular formula is C16H23NO3S. The molecule has 0 aliphatic rings. The number of carbonyl (C=O) groups is 2. The number of carbonyl (C=O) groups excluding carboxylic acids is 1. The number of carboxylic acid groups (broad SMARTS) is 1. The van der Waals surface area contributed by atoms with Crippen LogP contribution in [0.3, 0.4) is 0 Å². The largest absolute Gasteiger partial charge is 0.480 e. The fourth-order valence-electron chi connectivity index (χ4n) is 1.88. The van der Waals surface area contributed by atoms with Crippen LogP contribution in [0.1, 0.15) is 37.3 Å². The number of amides is 1. The number of nitrogens with one attached hydrogen (secondary N) is 1. The molecule has 0 unspecified atom stereocenters. The quantitative estimate of drug-likeness (QED) is 0.724. The molecule has 0 bridgehead atoms. The molecule has 0 fully saturated rings. The molecule has 0 aromatic heterocycles. The number of hydrogen-bond donors (Lipinski definition) is 2. The summed E-state index contributed by atoms with van der Waals surface area (Å²) >= 11 is 1.61. The maximum atomic E-state index is 11.8. The molecule has 0 heterocycles. The van der Waals surface area contributed by atoms with Gasteiger partial charge in [0.1, 0.15) is 6.04 Å². The SMILES string of the molecule is CCC[C@H](NC(=O)CCSc1ccc(C)c(C)c1)C(=O)O. The first-order valence-electron chi connectivity index (χ1n) is 7.16. The van der Waals surface area contributed by atoms with Gasteiger partial charge in [0.05, 0.1) is 0 Å². The first-order chi connectivity index (χ1) is 9.93. The highest BCUT2D eigenvalue weighted by atomic mass is 32.2. The molecule has 116 valence electrons. The maximum absolute atomic E-state index is 11.8. The number of aryl methyl sites for hydroxylation is 2. The molecule has 2 N–H and O–H groups in total. The monoisotopic (exact) mass is 309 g/mol.